The van der Waals surface area contributed by atoms with Gasteiger partial charge in [-0.1, -0.05) is 11.6 Å². The fourth-order valence-electron chi connectivity index (χ4n) is 1.56. The monoisotopic (exact) mass is 296 g/mol. The molecule has 19 heavy (non-hydrogen) atoms. The average Bonchev–Trinajstić information content (AvgIpc) is 2.27. The van der Waals surface area contributed by atoms with Gasteiger partial charge in [0.25, 0.3) is 0 Å². The number of quaternary nitrogens is 1. The predicted octanol–water partition coefficient (Wildman–Crippen LogP) is 2.60. The zero-order valence-electron chi connectivity index (χ0n) is 10.3. The first-order valence-corrected chi connectivity index (χ1v) is 5.98. The van der Waals surface area contributed by atoms with Gasteiger partial charge in [-0.05, 0) is 25.1 Å². The van der Waals surface area contributed by atoms with Crippen LogP contribution in [0.1, 0.15) is 30.5 Å². The zero-order chi connectivity index (χ0) is 14.6. The van der Waals surface area contributed by atoms with Gasteiger partial charge in [-0.3, -0.25) is 4.79 Å². The molecule has 0 spiro atoms. The van der Waals surface area contributed by atoms with Crippen molar-refractivity contribution in [2.24, 2.45) is 0 Å². The van der Waals surface area contributed by atoms with Gasteiger partial charge < -0.3 is 10.5 Å². The maximum absolute atomic E-state index is 12.6. The van der Waals surface area contributed by atoms with E-state index in [9.17, 15) is 18.0 Å². The molecule has 3 nitrogen and oxygen atoms in total. The van der Waals surface area contributed by atoms with E-state index in [0.29, 0.717) is 0 Å². The fraction of sp³-hybridized carbons (Fsp3) is 0.417. The van der Waals surface area contributed by atoms with Crippen LogP contribution in [0.4, 0.5) is 13.2 Å². The van der Waals surface area contributed by atoms with Gasteiger partial charge in [0, 0.05) is 10.6 Å². The summed E-state index contributed by atoms with van der Waals surface area (Å²) in [6, 6.07) is 2.28. The van der Waals surface area contributed by atoms with Gasteiger partial charge in [0.05, 0.1) is 12.2 Å². The van der Waals surface area contributed by atoms with E-state index < -0.39 is 23.8 Å². The van der Waals surface area contributed by atoms with Crippen molar-refractivity contribution in [2.75, 3.05) is 6.61 Å². The predicted molar refractivity (Wildman–Crippen MR) is 63.3 cm³/mol. The maximum Gasteiger partial charge on any atom is 0.416 e. The first-order valence-electron chi connectivity index (χ1n) is 5.61. The summed E-state index contributed by atoms with van der Waals surface area (Å²) < 4.78 is 42.5. The minimum Gasteiger partial charge on any atom is -0.466 e. The van der Waals surface area contributed by atoms with Crippen molar-refractivity contribution in [3.63, 3.8) is 0 Å². The molecular formula is C12H14ClF3NO2+. The molecule has 1 rings (SSSR count). The summed E-state index contributed by atoms with van der Waals surface area (Å²) in [5.41, 5.74) is 3.03. The minimum atomic E-state index is -4.46. The van der Waals surface area contributed by atoms with E-state index in [4.69, 9.17) is 16.3 Å². The van der Waals surface area contributed by atoms with Crippen LogP contribution in [-0.4, -0.2) is 12.6 Å². The van der Waals surface area contributed by atoms with Gasteiger partial charge >= 0.3 is 12.1 Å². The lowest BCUT2D eigenvalue weighted by Crippen LogP contribution is -2.54. The molecule has 0 aliphatic rings. The van der Waals surface area contributed by atoms with Crippen LogP contribution >= 0.6 is 11.6 Å². The number of rotatable bonds is 4. The Morgan fingerprint density at radius 2 is 2.11 bits per heavy atom. The molecule has 0 bridgehead atoms. The van der Waals surface area contributed by atoms with Crippen molar-refractivity contribution < 1.29 is 28.4 Å². The molecule has 0 radical (unpaired) electrons. The van der Waals surface area contributed by atoms with Gasteiger partial charge in [0.2, 0.25) is 0 Å². The molecule has 106 valence electrons. The van der Waals surface area contributed by atoms with Crippen LogP contribution in [0.5, 0.6) is 0 Å². The second-order valence-electron chi connectivity index (χ2n) is 3.94. The molecular weight excluding hydrogens is 283 g/mol. The highest BCUT2D eigenvalue weighted by atomic mass is 35.5. The lowest BCUT2D eigenvalue weighted by atomic mass is 10.0. The van der Waals surface area contributed by atoms with Crippen molar-refractivity contribution >= 4 is 17.6 Å². The molecule has 0 aromatic heterocycles. The number of carbonyl (C=O) groups excluding carboxylic acids is 1. The van der Waals surface area contributed by atoms with Crippen LogP contribution in [-0.2, 0) is 15.7 Å². The summed E-state index contributed by atoms with van der Waals surface area (Å²) in [4.78, 5) is 11.3. The first kappa shape index (κ1) is 15.8. The van der Waals surface area contributed by atoms with Gasteiger partial charge in [-0.2, -0.15) is 13.2 Å². The fourth-order valence-corrected chi connectivity index (χ4v) is 1.84. The molecule has 0 fully saturated rings. The molecule has 0 saturated carbocycles. The molecule has 3 N–H and O–H groups in total. The third kappa shape index (κ3) is 4.40. The summed E-state index contributed by atoms with van der Waals surface area (Å²) in [6.45, 7) is 1.86. The smallest absolute Gasteiger partial charge is 0.416 e. The number of esters is 1. The van der Waals surface area contributed by atoms with Crippen LogP contribution in [0, 0.1) is 0 Å². The average molecular weight is 297 g/mol. The molecule has 0 aliphatic carbocycles. The quantitative estimate of drug-likeness (QED) is 0.868. The van der Waals surface area contributed by atoms with Crippen LogP contribution < -0.4 is 5.73 Å². The molecule has 1 atom stereocenters. The number of halogens is 4. The number of carbonyl (C=O) groups is 1. The van der Waals surface area contributed by atoms with Gasteiger partial charge in [0.1, 0.15) is 12.5 Å². The molecule has 0 heterocycles. The molecule has 0 unspecified atom stereocenters. The number of benzene rings is 1. The highest BCUT2D eigenvalue weighted by Crippen LogP contribution is 2.33. The maximum atomic E-state index is 12.6. The van der Waals surface area contributed by atoms with E-state index in [1.807, 2.05) is 0 Å². The highest BCUT2D eigenvalue weighted by Gasteiger charge is 2.32. The van der Waals surface area contributed by atoms with E-state index in [0.717, 1.165) is 18.2 Å². The van der Waals surface area contributed by atoms with Crippen molar-refractivity contribution in [3.8, 4) is 0 Å². The van der Waals surface area contributed by atoms with Crippen molar-refractivity contribution in [3.05, 3.63) is 34.3 Å². The normalized spacial score (nSPS) is 13.2. The molecule has 7 heteroatoms. The molecule has 1 aromatic rings. The minimum absolute atomic E-state index is 0.116. The standard InChI is InChI=1S/C12H13ClF3NO2/c1-2-19-11(18)6-10(17)8-5-7(12(14,15)16)3-4-9(8)13/h3-5,10H,2,6,17H2,1H3/p+1/t10-/m0/s1. The SMILES string of the molecule is CCOC(=O)C[C@H]([NH3+])c1cc(C(F)(F)F)ccc1Cl. The summed E-state index contributed by atoms with van der Waals surface area (Å²) in [5, 5.41) is 0.150. The topological polar surface area (TPSA) is 53.9 Å². The largest absolute Gasteiger partial charge is 0.466 e. The first-order chi connectivity index (χ1) is 8.75. The molecule has 0 saturated heterocycles. The number of hydrogen-bond acceptors (Lipinski definition) is 2. The number of ether oxygens (including phenoxy) is 1. The van der Waals surface area contributed by atoms with Crippen LogP contribution in [0.3, 0.4) is 0 Å². The molecule has 1 aromatic carbocycles. The van der Waals surface area contributed by atoms with E-state index in [1.54, 1.807) is 6.92 Å². The zero-order valence-corrected chi connectivity index (χ0v) is 11.0. The van der Waals surface area contributed by atoms with Crippen molar-refractivity contribution in [1.82, 2.24) is 0 Å². The Kier molecular flexibility index (Phi) is 5.20. The number of alkyl halides is 3. The Balaban J connectivity index is 2.96. The molecule has 0 amide bonds. The summed E-state index contributed by atoms with van der Waals surface area (Å²) in [5.74, 6) is -0.518. The summed E-state index contributed by atoms with van der Waals surface area (Å²) in [6.07, 6.45) is -4.57. The Hall–Kier alpha value is -1.27. The lowest BCUT2D eigenvalue weighted by molar-refractivity contribution is -0.425. The van der Waals surface area contributed by atoms with Gasteiger partial charge in [-0.25, -0.2) is 0 Å². The summed E-state index contributed by atoms with van der Waals surface area (Å²) >= 11 is 5.84. The third-order valence-corrected chi connectivity index (χ3v) is 2.83. The number of hydrogen-bond donors (Lipinski definition) is 1. The van der Waals surface area contributed by atoms with Crippen molar-refractivity contribution in [2.45, 2.75) is 25.6 Å². The van der Waals surface area contributed by atoms with Gasteiger partial charge in [0.15, 0.2) is 0 Å². The second-order valence-corrected chi connectivity index (χ2v) is 4.35. The van der Waals surface area contributed by atoms with Crippen molar-refractivity contribution in [1.29, 1.82) is 0 Å². The van der Waals surface area contributed by atoms with Crippen LogP contribution in [0.15, 0.2) is 18.2 Å². The van der Waals surface area contributed by atoms with E-state index >= 15 is 0 Å². The van der Waals surface area contributed by atoms with E-state index in [-0.39, 0.29) is 23.6 Å². The Morgan fingerprint density at radius 3 is 2.63 bits per heavy atom. The third-order valence-electron chi connectivity index (χ3n) is 2.48. The molecule has 0 aliphatic heterocycles. The summed E-state index contributed by atoms with van der Waals surface area (Å²) in [7, 11) is 0. The Bertz CT molecular complexity index is 463. The second kappa shape index (κ2) is 6.25. The van der Waals surface area contributed by atoms with Crippen LogP contribution in [0.2, 0.25) is 5.02 Å². The lowest BCUT2D eigenvalue weighted by Gasteiger charge is -2.13. The Morgan fingerprint density at radius 1 is 1.47 bits per heavy atom. The van der Waals surface area contributed by atoms with Gasteiger partial charge in [-0.15, -0.1) is 0 Å². The van der Waals surface area contributed by atoms with E-state index in [1.165, 1.54) is 0 Å². The Labute approximate surface area is 113 Å². The van der Waals surface area contributed by atoms with E-state index in [2.05, 4.69) is 5.73 Å². The highest BCUT2D eigenvalue weighted by molar-refractivity contribution is 6.31. The van der Waals surface area contributed by atoms with Crippen LogP contribution in [0.25, 0.3) is 0 Å².